The van der Waals surface area contributed by atoms with Crippen LogP contribution in [0.1, 0.15) is 19.3 Å². The van der Waals surface area contributed by atoms with Crippen LogP contribution in [-0.4, -0.2) is 50.1 Å². The molecule has 120 valence electrons. The van der Waals surface area contributed by atoms with Crippen LogP contribution in [0.3, 0.4) is 0 Å². The van der Waals surface area contributed by atoms with Gasteiger partial charge in [0.2, 0.25) is 0 Å². The molecule has 3 rings (SSSR count). The van der Waals surface area contributed by atoms with Gasteiger partial charge in [-0.25, -0.2) is 4.79 Å². The fraction of sp³-hybridized carbons (Fsp3) is 0.562. The molecule has 2 fully saturated rings. The highest BCUT2D eigenvalue weighted by molar-refractivity contribution is 5.89. The van der Waals surface area contributed by atoms with E-state index < -0.39 is 5.79 Å². The van der Waals surface area contributed by atoms with Crippen LogP contribution in [0.5, 0.6) is 5.75 Å². The first-order chi connectivity index (χ1) is 10.7. The number of urea groups is 1. The van der Waals surface area contributed by atoms with Crippen molar-refractivity contribution in [1.82, 2.24) is 4.90 Å². The van der Waals surface area contributed by atoms with Gasteiger partial charge >= 0.3 is 6.03 Å². The summed E-state index contributed by atoms with van der Waals surface area (Å²) >= 11 is 0. The fourth-order valence-electron chi connectivity index (χ4n) is 2.83. The standard InChI is InChI=1S/C16H22N2O4/c1-20-14-5-3-13(4-6-14)17-15(19)18-9-7-16(8-10-18)21-11-2-12-22-16/h3-6H,2,7-12H2,1H3,(H,17,19). The number of amides is 2. The fourth-order valence-corrected chi connectivity index (χ4v) is 2.83. The molecule has 2 aliphatic rings. The van der Waals surface area contributed by atoms with Crippen LogP contribution in [0.25, 0.3) is 0 Å². The number of methoxy groups -OCH3 is 1. The number of carbonyl (C=O) groups excluding carboxylic acids is 1. The number of nitrogens with zero attached hydrogens (tertiary/aromatic N) is 1. The molecule has 0 saturated carbocycles. The van der Waals surface area contributed by atoms with Crippen LogP contribution >= 0.6 is 0 Å². The maximum atomic E-state index is 12.3. The molecule has 0 atom stereocenters. The Kier molecular flexibility index (Phi) is 4.49. The Morgan fingerprint density at radius 2 is 1.82 bits per heavy atom. The van der Waals surface area contributed by atoms with Crippen molar-refractivity contribution in [2.24, 2.45) is 0 Å². The number of likely N-dealkylation sites (tertiary alicyclic amines) is 1. The maximum Gasteiger partial charge on any atom is 0.321 e. The molecule has 1 aromatic rings. The van der Waals surface area contributed by atoms with Crippen molar-refractivity contribution in [3.05, 3.63) is 24.3 Å². The predicted octanol–water partition coefficient (Wildman–Crippen LogP) is 2.46. The quantitative estimate of drug-likeness (QED) is 0.912. The summed E-state index contributed by atoms with van der Waals surface area (Å²) in [5.74, 6) is 0.305. The van der Waals surface area contributed by atoms with Crippen molar-refractivity contribution in [2.75, 3.05) is 38.7 Å². The van der Waals surface area contributed by atoms with Gasteiger partial charge in [0.1, 0.15) is 5.75 Å². The summed E-state index contributed by atoms with van der Waals surface area (Å²) in [5, 5.41) is 2.90. The molecule has 1 N–H and O–H groups in total. The van der Waals surface area contributed by atoms with Gasteiger partial charge in [0, 0.05) is 31.6 Å². The summed E-state index contributed by atoms with van der Waals surface area (Å²) in [6.07, 6.45) is 2.40. The normalized spacial score (nSPS) is 20.7. The lowest BCUT2D eigenvalue weighted by Gasteiger charge is -2.43. The van der Waals surface area contributed by atoms with Crippen molar-refractivity contribution < 1.29 is 19.0 Å². The van der Waals surface area contributed by atoms with E-state index in [0.717, 1.165) is 43.9 Å². The van der Waals surface area contributed by atoms with Crippen LogP contribution < -0.4 is 10.1 Å². The highest BCUT2D eigenvalue weighted by Gasteiger charge is 2.39. The number of benzene rings is 1. The summed E-state index contributed by atoms with van der Waals surface area (Å²) in [6.45, 7) is 2.78. The first-order valence-electron chi connectivity index (χ1n) is 7.69. The Bertz CT molecular complexity index is 501. The molecular weight excluding hydrogens is 284 g/mol. The minimum Gasteiger partial charge on any atom is -0.497 e. The summed E-state index contributed by atoms with van der Waals surface area (Å²) in [7, 11) is 1.62. The SMILES string of the molecule is COc1ccc(NC(=O)N2CCC3(CC2)OCCCO3)cc1. The maximum absolute atomic E-state index is 12.3. The molecule has 0 aromatic heterocycles. The number of anilines is 1. The van der Waals surface area contributed by atoms with Gasteiger partial charge < -0.3 is 24.4 Å². The largest absolute Gasteiger partial charge is 0.497 e. The lowest BCUT2D eigenvalue weighted by Crippen LogP contribution is -2.52. The number of hydrogen-bond acceptors (Lipinski definition) is 4. The Balaban J connectivity index is 1.53. The summed E-state index contributed by atoms with van der Waals surface area (Å²) in [6, 6.07) is 7.22. The summed E-state index contributed by atoms with van der Waals surface area (Å²) < 4.78 is 16.7. The minimum atomic E-state index is -0.463. The van der Waals surface area contributed by atoms with E-state index >= 15 is 0 Å². The molecule has 6 heteroatoms. The molecular formula is C16H22N2O4. The zero-order valence-electron chi connectivity index (χ0n) is 12.8. The molecule has 6 nitrogen and oxygen atoms in total. The molecule has 1 aromatic carbocycles. The molecule has 2 heterocycles. The first-order valence-corrected chi connectivity index (χ1v) is 7.69. The van der Waals surface area contributed by atoms with Gasteiger partial charge in [0.05, 0.1) is 20.3 Å². The highest BCUT2D eigenvalue weighted by Crippen LogP contribution is 2.30. The third-order valence-corrected chi connectivity index (χ3v) is 4.17. The molecule has 2 saturated heterocycles. The van der Waals surface area contributed by atoms with E-state index in [1.54, 1.807) is 12.0 Å². The van der Waals surface area contributed by atoms with Crippen molar-refractivity contribution >= 4 is 11.7 Å². The Hall–Kier alpha value is -1.79. The van der Waals surface area contributed by atoms with Crippen molar-refractivity contribution in [1.29, 1.82) is 0 Å². The molecule has 0 aliphatic carbocycles. The van der Waals surface area contributed by atoms with Crippen molar-refractivity contribution in [3.8, 4) is 5.75 Å². The van der Waals surface area contributed by atoms with Gasteiger partial charge in [-0.1, -0.05) is 0 Å². The number of carbonyl (C=O) groups is 1. The third kappa shape index (κ3) is 3.34. The number of nitrogens with one attached hydrogen (secondary N) is 1. The third-order valence-electron chi connectivity index (χ3n) is 4.17. The van der Waals surface area contributed by atoms with Crippen LogP contribution in [0.15, 0.2) is 24.3 Å². The van der Waals surface area contributed by atoms with Crippen molar-refractivity contribution in [3.63, 3.8) is 0 Å². The number of rotatable bonds is 2. The van der Waals surface area contributed by atoms with E-state index in [-0.39, 0.29) is 6.03 Å². The average molecular weight is 306 g/mol. The van der Waals surface area contributed by atoms with E-state index in [9.17, 15) is 4.79 Å². The van der Waals surface area contributed by atoms with Crippen LogP contribution in [0.2, 0.25) is 0 Å². The van der Waals surface area contributed by atoms with Gasteiger partial charge in [-0.2, -0.15) is 0 Å². The topological polar surface area (TPSA) is 60.0 Å². The van der Waals surface area contributed by atoms with Crippen LogP contribution in [0.4, 0.5) is 10.5 Å². The van der Waals surface area contributed by atoms with E-state index in [4.69, 9.17) is 14.2 Å². The molecule has 2 amide bonds. The van der Waals surface area contributed by atoms with Gasteiger partial charge in [-0.15, -0.1) is 0 Å². The number of ether oxygens (including phenoxy) is 3. The summed E-state index contributed by atoms with van der Waals surface area (Å²) in [4.78, 5) is 14.1. The molecule has 0 bridgehead atoms. The highest BCUT2D eigenvalue weighted by atomic mass is 16.7. The van der Waals surface area contributed by atoms with Gasteiger partial charge in [-0.3, -0.25) is 0 Å². The van der Waals surface area contributed by atoms with Gasteiger partial charge in [0.25, 0.3) is 0 Å². The zero-order chi connectivity index (χ0) is 15.4. The van der Waals surface area contributed by atoms with Gasteiger partial charge in [0.15, 0.2) is 5.79 Å². The second-order valence-corrected chi connectivity index (χ2v) is 5.61. The lowest BCUT2D eigenvalue weighted by atomic mass is 10.0. The Labute approximate surface area is 130 Å². The van der Waals surface area contributed by atoms with E-state index in [2.05, 4.69) is 5.32 Å². The average Bonchev–Trinajstić information content (AvgIpc) is 2.57. The monoisotopic (exact) mass is 306 g/mol. The van der Waals surface area contributed by atoms with E-state index in [0.29, 0.717) is 13.1 Å². The predicted molar refractivity (Wildman–Crippen MR) is 82.1 cm³/mol. The summed E-state index contributed by atoms with van der Waals surface area (Å²) in [5.41, 5.74) is 0.760. The van der Waals surface area contributed by atoms with Crippen LogP contribution in [-0.2, 0) is 9.47 Å². The van der Waals surface area contributed by atoms with Crippen molar-refractivity contribution in [2.45, 2.75) is 25.0 Å². The first kappa shape index (κ1) is 15.1. The molecule has 2 aliphatic heterocycles. The van der Waals surface area contributed by atoms with E-state index in [1.165, 1.54) is 0 Å². The minimum absolute atomic E-state index is 0.0872. The smallest absolute Gasteiger partial charge is 0.321 e. The molecule has 0 unspecified atom stereocenters. The second-order valence-electron chi connectivity index (χ2n) is 5.61. The molecule has 22 heavy (non-hydrogen) atoms. The lowest BCUT2D eigenvalue weighted by molar-refractivity contribution is -0.281. The van der Waals surface area contributed by atoms with Gasteiger partial charge in [-0.05, 0) is 30.7 Å². The number of hydrogen-bond donors (Lipinski definition) is 1. The van der Waals surface area contributed by atoms with Crippen LogP contribution in [0, 0.1) is 0 Å². The van der Waals surface area contributed by atoms with E-state index in [1.807, 2.05) is 24.3 Å². The number of piperidine rings is 1. The molecule has 1 spiro atoms. The Morgan fingerprint density at radius 3 is 2.41 bits per heavy atom. The molecule has 0 radical (unpaired) electrons. The Morgan fingerprint density at radius 1 is 1.18 bits per heavy atom. The zero-order valence-corrected chi connectivity index (χ0v) is 12.8. The second kappa shape index (κ2) is 6.54.